The summed E-state index contributed by atoms with van der Waals surface area (Å²) in [5.74, 6) is -0.548. The van der Waals surface area contributed by atoms with Crippen molar-refractivity contribution in [2.24, 2.45) is 0 Å². The first-order valence-electron chi connectivity index (χ1n) is 6.79. The van der Waals surface area contributed by atoms with Gasteiger partial charge in [-0.1, -0.05) is 29.8 Å². The van der Waals surface area contributed by atoms with Crippen LogP contribution in [-0.2, 0) is 0 Å². The fourth-order valence-electron chi connectivity index (χ4n) is 2.23. The van der Waals surface area contributed by atoms with Gasteiger partial charge in [-0.2, -0.15) is 0 Å². The molecule has 5 heteroatoms. The Morgan fingerprint density at radius 1 is 1.23 bits per heavy atom. The summed E-state index contributed by atoms with van der Waals surface area (Å²) in [4.78, 5) is 12.1. The van der Waals surface area contributed by atoms with Crippen LogP contribution in [0.15, 0.2) is 52.9 Å². The molecule has 1 atom stereocenters. The maximum Gasteiger partial charge on any atom is 0.254 e. The lowest BCUT2D eigenvalue weighted by Crippen LogP contribution is -2.27. The van der Waals surface area contributed by atoms with Crippen molar-refractivity contribution in [2.45, 2.75) is 13.0 Å². The van der Waals surface area contributed by atoms with Crippen molar-refractivity contribution < 1.29 is 13.6 Å². The zero-order chi connectivity index (χ0) is 15.7. The largest absolute Gasteiger partial charge is 0.459 e. The Balaban J connectivity index is 1.81. The van der Waals surface area contributed by atoms with E-state index in [1.54, 1.807) is 6.92 Å². The van der Waals surface area contributed by atoms with E-state index in [-0.39, 0.29) is 16.6 Å². The van der Waals surface area contributed by atoms with Crippen LogP contribution in [0.4, 0.5) is 4.39 Å². The molecule has 0 aliphatic rings. The molecule has 3 rings (SSSR count). The highest BCUT2D eigenvalue weighted by Crippen LogP contribution is 2.24. The van der Waals surface area contributed by atoms with Crippen molar-refractivity contribution >= 4 is 28.5 Å². The number of hydrogen-bond donors (Lipinski definition) is 1. The Labute approximate surface area is 131 Å². The maximum atomic E-state index is 13.8. The minimum absolute atomic E-state index is 0.0487. The molecule has 0 bridgehead atoms. The first-order chi connectivity index (χ1) is 10.5. The summed E-state index contributed by atoms with van der Waals surface area (Å²) in [5, 5.41) is 3.92. The van der Waals surface area contributed by atoms with Crippen molar-refractivity contribution in [3.63, 3.8) is 0 Å². The van der Waals surface area contributed by atoms with Crippen LogP contribution in [0.1, 0.15) is 29.1 Å². The van der Waals surface area contributed by atoms with Crippen LogP contribution >= 0.6 is 11.6 Å². The second-order valence-corrected chi connectivity index (χ2v) is 5.44. The fraction of sp³-hybridized carbons (Fsp3) is 0.118. The van der Waals surface area contributed by atoms with E-state index in [1.807, 2.05) is 30.3 Å². The van der Waals surface area contributed by atoms with E-state index in [9.17, 15) is 9.18 Å². The first kappa shape index (κ1) is 14.6. The lowest BCUT2D eigenvalue weighted by molar-refractivity contribution is 0.0931. The summed E-state index contributed by atoms with van der Waals surface area (Å²) in [5.41, 5.74) is 0.698. The molecule has 1 heterocycles. The zero-order valence-electron chi connectivity index (χ0n) is 11.8. The number of benzene rings is 2. The van der Waals surface area contributed by atoms with Gasteiger partial charge < -0.3 is 9.73 Å². The molecule has 1 amide bonds. The molecule has 0 unspecified atom stereocenters. The minimum Gasteiger partial charge on any atom is -0.459 e. The minimum atomic E-state index is -0.651. The van der Waals surface area contributed by atoms with Gasteiger partial charge in [-0.15, -0.1) is 0 Å². The average molecular weight is 318 g/mol. The molecule has 3 nitrogen and oxygen atoms in total. The molecule has 0 spiro atoms. The smallest absolute Gasteiger partial charge is 0.254 e. The van der Waals surface area contributed by atoms with Crippen LogP contribution in [0.25, 0.3) is 11.0 Å². The third-order valence-corrected chi connectivity index (χ3v) is 3.63. The Hall–Kier alpha value is -2.33. The number of carbonyl (C=O) groups excluding carboxylic acids is 1. The lowest BCUT2D eigenvalue weighted by Gasteiger charge is -2.12. The maximum absolute atomic E-state index is 13.8. The number of para-hydroxylation sites is 1. The summed E-state index contributed by atoms with van der Waals surface area (Å²) in [6.07, 6.45) is 0. The predicted molar refractivity (Wildman–Crippen MR) is 83.5 cm³/mol. The summed E-state index contributed by atoms with van der Waals surface area (Å²) in [7, 11) is 0. The fourth-order valence-corrected chi connectivity index (χ4v) is 2.39. The van der Waals surface area contributed by atoms with Gasteiger partial charge in [0.15, 0.2) is 0 Å². The lowest BCUT2D eigenvalue weighted by atomic mass is 10.1. The molecule has 0 aliphatic heterocycles. The summed E-state index contributed by atoms with van der Waals surface area (Å²) in [6, 6.07) is 13.0. The van der Waals surface area contributed by atoms with Crippen molar-refractivity contribution in [2.75, 3.05) is 0 Å². The second kappa shape index (κ2) is 5.81. The summed E-state index contributed by atoms with van der Waals surface area (Å²) >= 11 is 5.68. The normalized spacial score (nSPS) is 12.3. The highest BCUT2D eigenvalue weighted by molar-refractivity contribution is 6.30. The molecular formula is C17H13ClFNO2. The van der Waals surface area contributed by atoms with Gasteiger partial charge >= 0.3 is 0 Å². The number of fused-ring (bicyclic) bond motifs is 1. The van der Waals surface area contributed by atoms with Crippen LogP contribution in [0, 0.1) is 5.82 Å². The molecule has 0 aliphatic carbocycles. The average Bonchev–Trinajstić information content (AvgIpc) is 2.91. The number of carbonyl (C=O) groups is 1. The standard InChI is InChI=1S/C17H13ClFNO2/c1-10(16-8-11-4-2-3-5-15(11)22-16)20-17(21)13-7-6-12(18)9-14(13)19/h2-10H,1H3,(H,20,21)/t10-/m0/s1. The SMILES string of the molecule is C[C@H](NC(=O)c1ccc(Cl)cc1F)c1cc2ccccc2o1. The second-order valence-electron chi connectivity index (χ2n) is 5.01. The van der Waals surface area contributed by atoms with E-state index in [1.165, 1.54) is 12.1 Å². The van der Waals surface area contributed by atoms with Gasteiger partial charge in [0.25, 0.3) is 5.91 Å². The van der Waals surface area contributed by atoms with Gasteiger partial charge in [0.1, 0.15) is 17.2 Å². The molecule has 0 radical (unpaired) electrons. The Morgan fingerprint density at radius 3 is 2.73 bits per heavy atom. The Kier molecular flexibility index (Phi) is 3.86. The number of nitrogens with one attached hydrogen (secondary N) is 1. The van der Waals surface area contributed by atoms with Crippen molar-refractivity contribution in [3.8, 4) is 0 Å². The predicted octanol–water partition coefficient (Wildman–Crippen LogP) is 4.72. The molecular weight excluding hydrogens is 305 g/mol. The van der Waals surface area contributed by atoms with Crippen LogP contribution in [0.2, 0.25) is 5.02 Å². The Morgan fingerprint density at radius 2 is 2.00 bits per heavy atom. The summed E-state index contributed by atoms with van der Waals surface area (Å²) < 4.78 is 19.4. The van der Waals surface area contributed by atoms with E-state index >= 15 is 0 Å². The molecule has 0 saturated heterocycles. The molecule has 112 valence electrons. The Bertz CT molecular complexity index is 811. The van der Waals surface area contributed by atoms with E-state index in [2.05, 4.69) is 5.32 Å². The highest BCUT2D eigenvalue weighted by Gasteiger charge is 2.17. The van der Waals surface area contributed by atoms with Crippen molar-refractivity contribution in [3.05, 3.63) is 70.7 Å². The molecule has 0 fully saturated rings. The molecule has 1 aromatic heterocycles. The molecule has 3 aromatic rings. The summed E-state index contributed by atoms with van der Waals surface area (Å²) in [6.45, 7) is 1.78. The third-order valence-electron chi connectivity index (χ3n) is 3.39. The molecule has 22 heavy (non-hydrogen) atoms. The first-order valence-corrected chi connectivity index (χ1v) is 7.17. The van der Waals surface area contributed by atoms with E-state index in [0.29, 0.717) is 5.76 Å². The number of halogens is 2. The van der Waals surface area contributed by atoms with Crippen molar-refractivity contribution in [1.29, 1.82) is 0 Å². The van der Waals surface area contributed by atoms with Gasteiger partial charge in [0.2, 0.25) is 0 Å². The van der Waals surface area contributed by atoms with Gasteiger partial charge in [0, 0.05) is 10.4 Å². The van der Waals surface area contributed by atoms with Gasteiger partial charge in [0.05, 0.1) is 11.6 Å². The van der Waals surface area contributed by atoms with Gasteiger partial charge in [-0.25, -0.2) is 4.39 Å². The van der Waals surface area contributed by atoms with E-state index < -0.39 is 11.7 Å². The molecule has 1 N–H and O–H groups in total. The highest BCUT2D eigenvalue weighted by atomic mass is 35.5. The van der Waals surface area contributed by atoms with E-state index in [0.717, 1.165) is 17.0 Å². The number of rotatable bonds is 3. The molecule has 0 saturated carbocycles. The zero-order valence-corrected chi connectivity index (χ0v) is 12.5. The van der Waals surface area contributed by atoms with Gasteiger partial charge in [-0.05, 0) is 37.3 Å². The van der Waals surface area contributed by atoms with Crippen LogP contribution in [0.5, 0.6) is 0 Å². The van der Waals surface area contributed by atoms with Gasteiger partial charge in [-0.3, -0.25) is 4.79 Å². The quantitative estimate of drug-likeness (QED) is 0.759. The topological polar surface area (TPSA) is 42.2 Å². The third kappa shape index (κ3) is 2.83. The monoisotopic (exact) mass is 317 g/mol. The van der Waals surface area contributed by atoms with Crippen molar-refractivity contribution in [1.82, 2.24) is 5.32 Å². The van der Waals surface area contributed by atoms with Crippen LogP contribution in [-0.4, -0.2) is 5.91 Å². The van der Waals surface area contributed by atoms with Crippen LogP contribution < -0.4 is 5.32 Å². The number of furan rings is 1. The number of hydrogen-bond acceptors (Lipinski definition) is 2. The molecule has 2 aromatic carbocycles. The number of amides is 1. The van der Waals surface area contributed by atoms with E-state index in [4.69, 9.17) is 16.0 Å². The van der Waals surface area contributed by atoms with Crippen LogP contribution in [0.3, 0.4) is 0 Å².